The number of hydrogen-bond donors (Lipinski definition) is 1. The highest BCUT2D eigenvalue weighted by Gasteiger charge is 1.96. The minimum Gasteiger partial charge on any atom is -0.326 e. The van der Waals surface area contributed by atoms with Crippen LogP contribution in [-0.2, 0) is 6.54 Å². The van der Waals surface area contributed by atoms with E-state index in [-0.39, 0.29) is 5.78 Å². The molecule has 0 atom stereocenters. The summed E-state index contributed by atoms with van der Waals surface area (Å²) in [6.45, 7) is 3.80. The van der Waals surface area contributed by atoms with Crippen molar-refractivity contribution < 1.29 is 4.79 Å². The summed E-state index contributed by atoms with van der Waals surface area (Å²) in [7, 11) is 0. The van der Waals surface area contributed by atoms with Gasteiger partial charge in [0, 0.05) is 19.0 Å². The summed E-state index contributed by atoms with van der Waals surface area (Å²) in [6.07, 6.45) is 0. The molecule has 2 N–H and O–H groups in total. The Bertz CT molecular complexity index is 251. The topological polar surface area (TPSA) is 43.1 Å². The van der Waals surface area contributed by atoms with Crippen molar-refractivity contribution in [2.24, 2.45) is 5.73 Å². The molecule has 0 spiro atoms. The second-order valence-corrected chi connectivity index (χ2v) is 2.32. The minimum atomic E-state index is -0.159. The van der Waals surface area contributed by atoms with Gasteiger partial charge in [-0.05, 0) is 5.56 Å². The molecule has 2 nitrogen and oxygen atoms in total. The van der Waals surface area contributed by atoms with Gasteiger partial charge < -0.3 is 5.73 Å². The van der Waals surface area contributed by atoms with Gasteiger partial charge in [0.15, 0.2) is 5.78 Å². The monoisotopic (exact) mass is 148 g/mol. The molecule has 0 aliphatic heterocycles. The molecule has 0 aliphatic carbocycles. The van der Waals surface area contributed by atoms with E-state index in [0.717, 1.165) is 5.56 Å². The van der Waals surface area contributed by atoms with Gasteiger partial charge in [0.1, 0.15) is 0 Å². The Labute approximate surface area is 66.0 Å². The number of carbonyl (C=O) groups excluding carboxylic acids is 1. The lowest BCUT2D eigenvalue weighted by Gasteiger charge is -1.97. The Hall–Kier alpha value is -1.15. The Morgan fingerprint density at radius 3 is 2.27 bits per heavy atom. The van der Waals surface area contributed by atoms with Crippen LogP contribution in [-0.4, -0.2) is 5.78 Å². The van der Waals surface area contributed by atoms with Gasteiger partial charge in [-0.1, -0.05) is 24.3 Å². The molecule has 0 aromatic heterocycles. The molecule has 0 aliphatic rings. The fraction of sp³-hybridized carbons (Fsp3) is 0.111. The third-order valence-electron chi connectivity index (χ3n) is 1.51. The van der Waals surface area contributed by atoms with Crippen molar-refractivity contribution in [1.82, 2.24) is 0 Å². The second-order valence-electron chi connectivity index (χ2n) is 2.32. The Balaban J connectivity index is 2.91. The molecule has 0 bridgehead atoms. The zero-order valence-corrected chi connectivity index (χ0v) is 6.21. The van der Waals surface area contributed by atoms with E-state index in [1.807, 2.05) is 12.1 Å². The van der Waals surface area contributed by atoms with Crippen LogP contribution in [0, 0.1) is 6.92 Å². The summed E-state index contributed by atoms with van der Waals surface area (Å²) < 4.78 is 0. The molecule has 0 saturated carbocycles. The molecule has 0 amide bonds. The molecule has 1 aromatic rings. The number of ketones is 1. The molecule has 0 fully saturated rings. The van der Waals surface area contributed by atoms with Crippen molar-refractivity contribution in [1.29, 1.82) is 0 Å². The molecule has 11 heavy (non-hydrogen) atoms. The second kappa shape index (κ2) is 3.30. The van der Waals surface area contributed by atoms with Crippen LogP contribution in [0.3, 0.4) is 0 Å². The molecule has 1 radical (unpaired) electrons. The molecule has 0 unspecified atom stereocenters. The summed E-state index contributed by atoms with van der Waals surface area (Å²) in [5, 5.41) is 0. The SMILES string of the molecule is [CH2]C(=O)c1ccc(CN)cc1. The first-order valence-corrected chi connectivity index (χ1v) is 3.39. The average molecular weight is 148 g/mol. The Morgan fingerprint density at radius 2 is 1.91 bits per heavy atom. The van der Waals surface area contributed by atoms with Gasteiger partial charge in [-0.3, -0.25) is 4.79 Å². The normalized spacial score (nSPS) is 9.64. The van der Waals surface area contributed by atoms with Gasteiger partial charge in [-0.2, -0.15) is 0 Å². The van der Waals surface area contributed by atoms with E-state index in [1.165, 1.54) is 0 Å². The van der Waals surface area contributed by atoms with Crippen molar-refractivity contribution in [3.63, 3.8) is 0 Å². The molecule has 1 aromatic carbocycles. The number of benzene rings is 1. The van der Waals surface area contributed by atoms with E-state index in [0.29, 0.717) is 12.1 Å². The van der Waals surface area contributed by atoms with E-state index in [9.17, 15) is 4.79 Å². The maximum absolute atomic E-state index is 10.7. The smallest absolute Gasteiger partial charge is 0.163 e. The predicted octanol–water partition coefficient (Wildman–Crippen LogP) is 1.16. The number of hydrogen-bond acceptors (Lipinski definition) is 2. The van der Waals surface area contributed by atoms with Gasteiger partial charge in [0.05, 0.1) is 0 Å². The average Bonchev–Trinajstić information content (AvgIpc) is 2.05. The maximum atomic E-state index is 10.7. The predicted molar refractivity (Wildman–Crippen MR) is 44.0 cm³/mol. The first-order valence-electron chi connectivity index (χ1n) is 3.39. The molecular weight excluding hydrogens is 138 g/mol. The fourth-order valence-electron chi connectivity index (χ4n) is 0.827. The van der Waals surface area contributed by atoms with Gasteiger partial charge >= 0.3 is 0 Å². The lowest BCUT2D eigenvalue weighted by molar-refractivity contribution is 0.104. The summed E-state index contributed by atoms with van der Waals surface area (Å²) >= 11 is 0. The van der Waals surface area contributed by atoms with Crippen LogP contribution < -0.4 is 5.73 Å². The van der Waals surface area contributed by atoms with Crippen LogP contribution in [0.4, 0.5) is 0 Å². The van der Waals surface area contributed by atoms with Gasteiger partial charge in [0.25, 0.3) is 0 Å². The van der Waals surface area contributed by atoms with E-state index in [2.05, 4.69) is 6.92 Å². The quantitative estimate of drug-likeness (QED) is 0.639. The number of carbonyl (C=O) groups is 1. The van der Waals surface area contributed by atoms with Gasteiger partial charge in [0.2, 0.25) is 0 Å². The Kier molecular flexibility index (Phi) is 2.39. The standard InChI is InChI=1S/C9H10NO/c1-7(11)9-4-2-8(6-10)3-5-9/h2-5H,1,6,10H2. The van der Waals surface area contributed by atoms with Gasteiger partial charge in [-0.15, -0.1) is 0 Å². The lowest BCUT2D eigenvalue weighted by Crippen LogP contribution is -1.97. The van der Waals surface area contributed by atoms with E-state index in [1.54, 1.807) is 12.1 Å². The molecule has 0 heterocycles. The van der Waals surface area contributed by atoms with Crippen molar-refractivity contribution in [3.05, 3.63) is 42.3 Å². The minimum absolute atomic E-state index is 0.159. The van der Waals surface area contributed by atoms with Crippen LogP contribution in [0.2, 0.25) is 0 Å². The molecular formula is C9H10NO. The Morgan fingerprint density at radius 1 is 1.36 bits per heavy atom. The third kappa shape index (κ3) is 1.88. The number of rotatable bonds is 2. The summed E-state index contributed by atoms with van der Waals surface area (Å²) in [5.74, 6) is -0.159. The van der Waals surface area contributed by atoms with Crippen LogP contribution >= 0.6 is 0 Å². The molecule has 2 heteroatoms. The highest BCUT2D eigenvalue weighted by molar-refractivity contribution is 5.99. The van der Waals surface area contributed by atoms with Crippen LogP contribution in [0.5, 0.6) is 0 Å². The zero-order chi connectivity index (χ0) is 8.27. The number of Topliss-reactive ketones (excluding diaryl/α,β-unsaturated/α-hetero) is 1. The summed E-state index contributed by atoms with van der Waals surface area (Å²) in [5.41, 5.74) is 7.03. The molecule has 0 saturated heterocycles. The largest absolute Gasteiger partial charge is 0.326 e. The lowest BCUT2D eigenvalue weighted by atomic mass is 10.1. The highest BCUT2D eigenvalue weighted by Crippen LogP contribution is 2.03. The van der Waals surface area contributed by atoms with Crippen LogP contribution in [0.1, 0.15) is 15.9 Å². The molecule has 57 valence electrons. The number of nitrogens with two attached hydrogens (primary N) is 1. The first kappa shape index (κ1) is 7.95. The zero-order valence-electron chi connectivity index (χ0n) is 6.21. The van der Waals surface area contributed by atoms with Crippen molar-refractivity contribution >= 4 is 5.78 Å². The summed E-state index contributed by atoms with van der Waals surface area (Å²) in [4.78, 5) is 10.7. The van der Waals surface area contributed by atoms with Crippen molar-refractivity contribution in [2.75, 3.05) is 0 Å². The van der Waals surface area contributed by atoms with Gasteiger partial charge in [-0.25, -0.2) is 0 Å². The first-order chi connectivity index (χ1) is 5.24. The van der Waals surface area contributed by atoms with E-state index in [4.69, 9.17) is 5.73 Å². The van der Waals surface area contributed by atoms with Crippen molar-refractivity contribution in [3.8, 4) is 0 Å². The van der Waals surface area contributed by atoms with Crippen molar-refractivity contribution in [2.45, 2.75) is 6.54 Å². The summed E-state index contributed by atoms with van der Waals surface area (Å²) in [6, 6.07) is 7.13. The van der Waals surface area contributed by atoms with E-state index >= 15 is 0 Å². The van der Waals surface area contributed by atoms with Crippen LogP contribution in [0.25, 0.3) is 0 Å². The highest BCUT2D eigenvalue weighted by atomic mass is 16.1. The van der Waals surface area contributed by atoms with E-state index < -0.39 is 0 Å². The van der Waals surface area contributed by atoms with Crippen LogP contribution in [0.15, 0.2) is 24.3 Å². The molecule has 1 rings (SSSR count). The maximum Gasteiger partial charge on any atom is 0.163 e. The third-order valence-corrected chi connectivity index (χ3v) is 1.51. The fourth-order valence-corrected chi connectivity index (χ4v) is 0.827.